The van der Waals surface area contributed by atoms with Crippen molar-refractivity contribution in [1.29, 1.82) is 0 Å². The van der Waals surface area contributed by atoms with Crippen LogP contribution in [0.15, 0.2) is 54.6 Å². The minimum atomic E-state index is -0.652. The van der Waals surface area contributed by atoms with Gasteiger partial charge in [0.05, 0.1) is 0 Å². The average Bonchev–Trinajstić information content (AvgIpc) is 2.72. The second kappa shape index (κ2) is 11.1. The van der Waals surface area contributed by atoms with E-state index < -0.39 is 6.04 Å². The van der Waals surface area contributed by atoms with Gasteiger partial charge in [-0.15, -0.1) is 0 Å². The molecule has 0 heterocycles. The molecule has 0 bridgehead atoms. The lowest BCUT2D eigenvalue weighted by Crippen LogP contribution is -2.50. The Morgan fingerprint density at radius 2 is 1.64 bits per heavy atom. The van der Waals surface area contributed by atoms with Gasteiger partial charge in [0.2, 0.25) is 5.91 Å². The van der Waals surface area contributed by atoms with Crippen LogP contribution in [-0.2, 0) is 11.2 Å². The van der Waals surface area contributed by atoms with E-state index >= 15 is 0 Å². The van der Waals surface area contributed by atoms with Gasteiger partial charge in [-0.1, -0.05) is 50.6 Å². The molecule has 0 saturated carbocycles. The summed E-state index contributed by atoms with van der Waals surface area (Å²) in [6.45, 7) is 5.51. The highest BCUT2D eigenvalue weighted by Crippen LogP contribution is 2.13. The van der Waals surface area contributed by atoms with Gasteiger partial charge < -0.3 is 15.3 Å². The van der Waals surface area contributed by atoms with Crippen molar-refractivity contribution in [3.05, 3.63) is 65.7 Å². The Balaban J connectivity index is 2.21. The van der Waals surface area contributed by atoms with Crippen molar-refractivity contribution in [2.75, 3.05) is 13.1 Å². The van der Waals surface area contributed by atoms with Gasteiger partial charge in [-0.2, -0.15) is 0 Å². The average molecular weight is 383 g/mol. The summed E-state index contributed by atoms with van der Waals surface area (Å²) in [4.78, 5) is 27.8. The molecule has 2 aromatic carbocycles. The van der Waals surface area contributed by atoms with E-state index in [1.54, 1.807) is 48.5 Å². The van der Waals surface area contributed by atoms with Crippen LogP contribution in [0.4, 0.5) is 0 Å². The molecule has 0 saturated heterocycles. The number of amides is 2. The van der Waals surface area contributed by atoms with Crippen LogP contribution >= 0.6 is 0 Å². The minimum Gasteiger partial charge on any atom is -0.508 e. The quantitative estimate of drug-likeness (QED) is 0.657. The van der Waals surface area contributed by atoms with E-state index in [1.165, 1.54) is 0 Å². The summed E-state index contributed by atoms with van der Waals surface area (Å²) in [7, 11) is 0. The number of hydrogen-bond donors (Lipinski definition) is 2. The van der Waals surface area contributed by atoms with Gasteiger partial charge in [0, 0.05) is 25.1 Å². The molecule has 0 spiro atoms. The summed E-state index contributed by atoms with van der Waals surface area (Å²) in [5.41, 5.74) is 1.41. The Kier molecular flexibility index (Phi) is 8.53. The fraction of sp³-hybridized carbons (Fsp3) is 0.391. The van der Waals surface area contributed by atoms with Gasteiger partial charge in [0.25, 0.3) is 5.91 Å². The number of rotatable bonds is 10. The number of carbonyl (C=O) groups is 2. The molecular weight excluding hydrogens is 352 g/mol. The number of nitrogens with one attached hydrogen (secondary N) is 1. The molecule has 2 N–H and O–H groups in total. The molecule has 1 unspecified atom stereocenters. The second-order valence-corrected chi connectivity index (χ2v) is 6.94. The molecule has 0 fully saturated rings. The van der Waals surface area contributed by atoms with Crippen molar-refractivity contribution in [3.63, 3.8) is 0 Å². The van der Waals surface area contributed by atoms with E-state index in [0.717, 1.165) is 24.8 Å². The van der Waals surface area contributed by atoms with Gasteiger partial charge in [0.15, 0.2) is 0 Å². The molecule has 5 heteroatoms. The molecule has 1 atom stereocenters. The third-order valence-corrected chi connectivity index (χ3v) is 4.60. The van der Waals surface area contributed by atoms with Crippen LogP contribution in [0.2, 0.25) is 0 Å². The van der Waals surface area contributed by atoms with Crippen LogP contribution in [0.1, 0.15) is 49.0 Å². The second-order valence-electron chi connectivity index (χ2n) is 6.94. The predicted octanol–water partition coefficient (Wildman–Crippen LogP) is 3.77. The fourth-order valence-corrected chi connectivity index (χ4v) is 3.07. The van der Waals surface area contributed by atoms with E-state index in [-0.39, 0.29) is 17.6 Å². The summed E-state index contributed by atoms with van der Waals surface area (Å²) in [6.07, 6.45) is 3.19. The number of unbranched alkanes of at least 4 members (excludes halogenated alkanes) is 1. The van der Waals surface area contributed by atoms with Crippen molar-refractivity contribution < 1.29 is 14.7 Å². The number of benzene rings is 2. The SMILES string of the molecule is CCCCN(CCC)C(=O)C(Cc1ccc(O)cc1)NC(=O)c1ccccc1. The molecule has 28 heavy (non-hydrogen) atoms. The first-order valence-corrected chi connectivity index (χ1v) is 9.97. The molecule has 150 valence electrons. The number of nitrogens with zero attached hydrogens (tertiary/aromatic N) is 1. The summed E-state index contributed by atoms with van der Waals surface area (Å²) in [5.74, 6) is -0.146. The third-order valence-electron chi connectivity index (χ3n) is 4.60. The molecule has 0 radical (unpaired) electrons. The van der Waals surface area contributed by atoms with E-state index in [2.05, 4.69) is 12.2 Å². The zero-order valence-electron chi connectivity index (χ0n) is 16.7. The maximum absolute atomic E-state index is 13.2. The first-order chi connectivity index (χ1) is 13.5. The Morgan fingerprint density at radius 1 is 0.964 bits per heavy atom. The van der Waals surface area contributed by atoms with Crippen molar-refractivity contribution in [2.45, 2.75) is 45.6 Å². The zero-order valence-corrected chi connectivity index (χ0v) is 16.7. The van der Waals surface area contributed by atoms with Crippen molar-refractivity contribution in [1.82, 2.24) is 10.2 Å². The lowest BCUT2D eigenvalue weighted by Gasteiger charge is -2.28. The first-order valence-electron chi connectivity index (χ1n) is 9.97. The van der Waals surface area contributed by atoms with Crippen LogP contribution in [0.25, 0.3) is 0 Å². The maximum atomic E-state index is 13.2. The molecule has 2 aromatic rings. The van der Waals surface area contributed by atoms with Crippen molar-refractivity contribution in [3.8, 4) is 5.75 Å². The fourth-order valence-electron chi connectivity index (χ4n) is 3.07. The molecular formula is C23H30N2O3. The van der Waals surface area contributed by atoms with Crippen LogP contribution in [-0.4, -0.2) is 41.0 Å². The Bertz CT molecular complexity index is 744. The summed E-state index contributed by atoms with van der Waals surface area (Å²) < 4.78 is 0. The Morgan fingerprint density at radius 3 is 2.25 bits per heavy atom. The van der Waals surface area contributed by atoms with E-state index in [9.17, 15) is 14.7 Å². The number of carbonyl (C=O) groups excluding carboxylic acids is 2. The Hall–Kier alpha value is -2.82. The molecule has 0 aromatic heterocycles. The summed E-state index contributed by atoms with van der Waals surface area (Å²) >= 11 is 0. The van der Waals surface area contributed by atoms with Gasteiger partial charge in [0.1, 0.15) is 11.8 Å². The molecule has 0 aliphatic rings. The van der Waals surface area contributed by atoms with Crippen molar-refractivity contribution >= 4 is 11.8 Å². The lowest BCUT2D eigenvalue weighted by molar-refractivity contribution is -0.133. The standard InChI is InChI=1S/C23H30N2O3/c1-3-5-16-25(15-4-2)23(28)21(17-18-11-13-20(26)14-12-18)24-22(27)19-9-7-6-8-10-19/h6-14,21,26H,3-5,15-17H2,1-2H3,(H,24,27). The Labute approximate surface area is 167 Å². The molecule has 2 rings (SSSR count). The van der Waals surface area contributed by atoms with E-state index in [0.29, 0.717) is 25.1 Å². The molecule has 2 amide bonds. The normalized spacial score (nSPS) is 11.6. The molecule has 0 aliphatic heterocycles. The minimum absolute atomic E-state index is 0.0624. The van der Waals surface area contributed by atoms with Gasteiger partial charge >= 0.3 is 0 Å². The van der Waals surface area contributed by atoms with E-state index in [1.807, 2.05) is 17.9 Å². The first kappa shape index (κ1) is 21.5. The molecule has 0 aliphatic carbocycles. The van der Waals surface area contributed by atoms with Crippen LogP contribution in [0, 0.1) is 0 Å². The van der Waals surface area contributed by atoms with E-state index in [4.69, 9.17) is 0 Å². The highest BCUT2D eigenvalue weighted by molar-refractivity contribution is 5.97. The van der Waals surface area contributed by atoms with Gasteiger partial charge in [-0.3, -0.25) is 9.59 Å². The number of hydrogen-bond acceptors (Lipinski definition) is 3. The molecule has 5 nitrogen and oxygen atoms in total. The smallest absolute Gasteiger partial charge is 0.251 e. The summed E-state index contributed by atoms with van der Waals surface area (Å²) in [5, 5.41) is 12.4. The highest BCUT2D eigenvalue weighted by Gasteiger charge is 2.26. The topological polar surface area (TPSA) is 69.6 Å². The van der Waals surface area contributed by atoms with Crippen LogP contribution < -0.4 is 5.32 Å². The van der Waals surface area contributed by atoms with Gasteiger partial charge in [-0.05, 0) is 42.7 Å². The number of phenols is 1. The lowest BCUT2D eigenvalue weighted by atomic mass is 10.0. The van der Waals surface area contributed by atoms with Crippen LogP contribution in [0.3, 0.4) is 0 Å². The number of aromatic hydroxyl groups is 1. The predicted molar refractivity (Wildman–Crippen MR) is 111 cm³/mol. The van der Waals surface area contributed by atoms with Gasteiger partial charge in [-0.25, -0.2) is 0 Å². The van der Waals surface area contributed by atoms with Crippen molar-refractivity contribution in [2.24, 2.45) is 0 Å². The highest BCUT2D eigenvalue weighted by atomic mass is 16.3. The summed E-state index contributed by atoms with van der Waals surface area (Å²) in [6, 6.07) is 15.0. The largest absolute Gasteiger partial charge is 0.508 e. The monoisotopic (exact) mass is 382 g/mol. The third kappa shape index (κ3) is 6.41. The number of phenolic OH excluding ortho intramolecular Hbond substituents is 1. The van der Waals surface area contributed by atoms with Crippen LogP contribution in [0.5, 0.6) is 5.75 Å². The maximum Gasteiger partial charge on any atom is 0.251 e. The zero-order chi connectivity index (χ0) is 20.4.